The minimum Gasteiger partial charge on any atom is -0.477 e. The average molecular weight is 358 g/mol. The maximum absolute atomic E-state index is 12.5. The zero-order valence-corrected chi connectivity index (χ0v) is 15.5. The summed E-state index contributed by atoms with van der Waals surface area (Å²) in [5.74, 6) is -0.900. The summed E-state index contributed by atoms with van der Waals surface area (Å²) in [5.41, 5.74) is 2.60. The molecule has 7 nitrogen and oxygen atoms in total. The van der Waals surface area contributed by atoms with Gasteiger partial charge in [0, 0.05) is 31.6 Å². The molecule has 0 radical (unpaired) electrons. The maximum Gasteiger partial charge on any atom is 0.349 e. The number of likely N-dealkylation sites (tertiary alicyclic amines) is 1. The summed E-state index contributed by atoms with van der Waals surface area (Å²) < 4.78 is 1.88. The van der Waals surface area contributed by atoms with Crippen molar-refractivity contribution < 1.29 is 9.90 Å². The van der Waals surface area contributed by atoms with E-state index in [1.165, 1.54) is 0 Å². The Morgan fingerprint density at radius 3 is 2.85 bits per heavy atom. The molecule has 1 aliphatic rings. The van der Waals surface area contributed by atoms with Crippen LogP contribution in [0, 0.1) is 18.3 Å². The number of aliphatic carboxylic acids is 1. The van der Waals surface area contributed by atoms with Crippen LogP contribution in [0.3, 0.4) is 0 Å². The van der Waals surface area contributed by atoms with Crippen LogP contribution in [-0.2, 0) is 4.79 Å². The van der Waals surface area contributed by atoms with Crippen molar-refractivity contribution in [2.45, 2.75) is 45.7 Å². The normalized spacial score (nSPS) is 22.4. The molecule has 0 amide bonds. The van der Waals surface area contributed by atoms with Gasteiger partial charge in [0.2, 0.25) is 0 Å². The zero-order valence-electron chi connectivity index (χ0n) is 15.5. The first-order valence-corrected chi connectivity index (χ1v) is 9.03. The number of aryl methyl sites for hydroxylation is 1. The van der Waals surface area contributed by atoms with Crippen LogP contribution in [0.5, 0.6) is 0 Å². The molecular weight excluding hydrogens is 332 g/mol. The molecule has 1 aromatic carbocycles. The monoisotopic (exact) mass is 358 g/mol. The van der Waals surface area contributed by atoms with Crippen molar-refractivity contribution in [2.24, 2.45) is 5.92 Å². The molecule has 2 heterocycles. The van der Waals surface area contributed by atoms with Crippen LogP contribution in [0.1, 0.15) is 38.3 Å². The number of carboxylic acid groups (broad SMARTS) is 1. The molecule has 3 unspecified atom stereocenters. The fraction of sp³-hybridized carbons (Fsp3) is 0.526. The first-order valence-electron chi connectivity index (χ1n) is 9.03. The molecule has 0 spiro atoms. The SMILES string of the molecule is Cc1ccc2[nH]c(=O)n(C3CCN(C(C)CC(=N)C(=O)O)CC3C)c2c1. The van der Waals surface area contributed by atoms with E-state index in [9.17, 15) is 9.59 Å². The lowest BCUT2D eigenvalue weighted by Gasteiger charge is -2.40. The number of nitrogens with one attached hydrogen (secondary N) is 2. The van der Waals surface area contributed by atoms with Crippen LogP contribution < -0.4 is 5.69 Å². The summed E-state index contributed by atoms with van der Waals surface area (Å²) in [5, 5.41) is 16.5. The van der Waals surface area contributed by atoms with Gasteiger partial charge in [-0.1, -0.05) is 13.0 Å². The van der Waals surface area contributed by atoms with E-state index in [1.807, 2.05) is 36.6 Å². The van der Waals surface area contributed by atoms with E-state index in [-0.39, 0.29) is 35.8 Å². The summed E-state index contributed by atoms with van der Waals surface area (Å²) >= 11 is 0. The summed E-state index contributed by atoms with van der Waals surface area (Å²) in [4.78, 5) is 28.6. The highest BCUT2D eigenvalue weighted by Crippen LogP contribution is 2.31. The van der Waals surface area contributed by atoms with Crippen LogP contribution in [0.25, 0.3) is 11.0 Å². The van der Waals surface area contributed by atoms with Gasteiger partial charge in [0.1, 0.15) is 5.71 Å². The van der Waals surface area contributed by atoms with Gasteiger partial charge >= 0.3 is 11.7 Å². The van der Waals surface area contributed by atoms with E-state index in [2.05, 4.69) is 16.8 Å². The second kappa shape index (κ2) is 7.07. The Balaban J connectivity index is 1.79. The van der Waals surface area contributed by atoms with Gasteiger partial charge in [-0.15, -0.1) is 0 Å². The first-order chi connectivity index (χ1) is 12.3. The molecule has 0 aliphatic carbocycles. The van der Waals surface area contributed by atoms with Crippen molar-refractivity contribution in [1.29, 1.82) is 5.41 Å². The minimum atomic E-state index is -1.15. The summed E-state index contributed by atoms with van der Waals surface area (Å²) in [7, 11) is 0. The van der Waals surface area contributed by atoms with E-state index in [0.29, 0.717) is 0 Å². The highest BCUT2D eigenvalue weighted by atomic mass is 16.4. The number of rotatable bonds is 5. The molecule has 0 bridgehead atoms. The van der Waals surface area contributed by atoms with E-state index in [1.54, 1.807) is 0 Å². The molecule has 1 aliphatic heterocycles. The third-order valence-electron chi connectivity index (χ3n) is 5.48. The quantitative estimate of drug-likeness (QED) is 0.714. The molecule has 7 heteroatoms. The summed E-state index contributed by atoms with van der Waals surface area (Å²) in [6.07, 6.45) is 1.06. The standard InChI is InChI=1S/C19H26N4O3/c1-11-4-5-15-17(8-11)23(19(26)21-15)16-6-7-22(10-12(16)2)13(3)9-14(20)18(24)25/h4-5,8,12-13,16,20H,6-7,9-10H2,1-3H3,(H,21,26)(H,24,25). The van der Waals surface area contributed by atoms with E-state index < -0.39 is 5.97 Å². The van der Waals surface area contributed by atoms with Crippen molar-refractivity contribution in [3.05, 3.63) is 34.2 Å². The van der Waals surface area contributed by atoms with Crippen LogP contribution >= 0.6 is 0 Å². The molecule has 1 saturated heterocycles. The maximum atomic E-state index is 12.5. The molecule has 3 N–H and O–H groups in total. The van der Waals surface area contributed by atoms with Crippen LogP contribution in [0.15, 0.2) is 23.0 Å². The van der Waals surface area contributed by atoms with Gasteiger partial charge in [0.15, 0.2) is 0 Å². The Labute approximate surface area is 152 Å². The highest BCUT2D eigenvalue weighted by molar-refractivity contribution is 6.34. The Bertz CT molecular complexity index is 898. The lowest BCUT2D eigenvalue weighted by atomic mass is 9.91. The lowest BCUT2D eigenvalue weighted by molar-refractivity contribution is -0.129. The van der Waals surface area contributed by atoms with Gasteiger partial charge in [-0.3, -0.25) is 14.9 Å². The van der Waals surface area contributed by atoms with Gasteiger partial charge in [-0.05, 0) is 43.9 Å². The number of hydrogen-bond donors (Lipinski definition) is 3. The van der Waals surface area contributed by atoms with Gasteiger partial charge in [0.05, 0.1) is 11.0 Å². The average Bonchev–Trinajstić information content (AvgIpc) is 2.89. The third-order valence-corrected chi connectivity index (χ3v) is 5.48. The number of nitrogens with zero attached hydrogens (tertiary/aromatic N) is 2. The van der Waals surface area contributed by atoms with Gasteiger partial charge in [-0.2, -0.15) is 0 Å². The highest BCUT2D eigenvalue weighted by Gasteiger charge is 2.32. The van der Waals surface area contributed by atoms with Gasteiger partial charge in [0.25, 0.3) is 0 Å². The number of hydrogen-bond acceptors (Lipinski definition) is 4. The lowest BCUT2D eigenvalue weighted by Crippen LogP contribution is -2.46. The number of carbonyl (C=O) groups is 1. The van der Waals surface area contributed by atoms with Gasteiger partial charge < -0.3 is 10.1 Å². The minimum absolute atomic E-state index is 0.00364. The van der Waals surface area contributed by atoms with E-state index in [4.69, 9.17) is 10.5 Å². The molecule has 1 fully saturated rings. The second-order valence-electron chi connectivity index (χ2n) is 7.49. The van der Waals surface area contributed by atoms with Crippen molar-refractivity contribution >= 4 is 22.7 Å². The smallest absolute Gasteiger partial charge is 0.349 e. The molecule has 2 aromatic rings. The fourth-order valence-corrected chi connectivity index (χ4v) is 4.02. The van der Waals surface area contributed by atoms with Crippen molar-refractivity contribution in [3.8, 4) is 0 Å². The topological polar surface area (TPSA) is 102 Å². The fourth-order valence-electron chi connectivity index (χ4n) is 4.02. The molecule has 140 valence electrons. The number of fused-ring (bicyclic) bond motifs is 1. The first kappa shape index (κ1) is 18.4. The van der Waals surface area contributed by atoms with Crippen molar-refractivity contribution in [2.75, 3.05) is 13.1 Å². The Hall–Kier alpha value is -2.41. The van der Waals surface area contributed by atoms with Crippen LogP contribution in [0.2, 0.25) is 0 Å². The number of carboxylic acids is 1. The Morgan fingerprint density at radius 2 is 2.19 bits per heavy atom. The third kappa shape index (κ3) is 3.44. The number of benzene rings is 1. The van der Waals surface area contributed by atoms with Gasteiger partial charge in [-0.25, -0.2) is 9.59 Å². The molecule has 3 rings (SSSR count). The molecular formula is C19H26N4O3. The predicted molar refractivity (Wildman–Crippen MR) is 101 cm³/mol. The Morgan fingerprint density at radius 1 is 1.46 bits per heavy atom. The predicted octanol–water partition coefficient (Wildman–Crippen LogP) is 2.40. The zero-order chi connectivity index (χ0) is 19.0. The molecule has 26 heavy (non-hydrogen) atoms. The summed E-state index contributed by atoms with van der Waals surface area (Å²) in [6.45, 7) is 7.68. The Kier molecular flexibility index (Phi) is 5.00. The molecule has 3 atom stereocenters. The number of imidazole rings is 1. The van der Waals surface area contributed by atoms with Crippen LogP contribution in [-0.4, -0.2) is 50.4 Å². The van der Waals surface area contributed by atoms with Crippen molar-refractivity contribution in [1.82, 2.24) is 14.5 Å². The van der Waals surface area contributed by atoms with E-state index >= 15 is 0 Å². The second-order valence-corrected chi connectivity index (χ2v) is 7.49. The molecule has 0 saturated carbocycles. The largest absolute Gasteiger partial charge is 0.477 e. The number of aromatic nitrogens is 2. The number of H-pyrrole nitrogens is 1. The van der Waals surface area contributed by atoms with Crippen molar-refractivity contribution in [3.63, 3.8) is 0 Å². The molecule has 1 aromatic heterocycles. The van der Waals surface area contributed by atoms with Crippen LogP contribution in [0.4, 0.5) is 0 Å². The number of piperidine rings is 1. The van der Waals surface area contributed by atoms with E-state index in [0.717, 1.165) is 36.1 Å². The number of aromatic amines is 1. The summed E-state index contributed by atoms with van der Waals surface area (Å²) in [6, 6.07) is 6.10.